The highest BCUT2D eigenvalue weighted by Crippen LogP contribution is 2.28. The van der Waals surface area contributed by atoms with Crippen molar-refractivity contribution < 1.29 is 9.18 Å². The molecule has 146 valence electrons. The number of rotatable bonds is 8. The molecule has 3 aromatic rings. The lowest BCUT2D eigenvalue weighted by Gasteiger charge is -2.08. The SMILES string of the molecule is CCCCCCNC(=O)c1cc(-c2ccccc2Cl)nn1-c1ccc(F)cc1. The normalized spacial score (nSPS) is 10.8. The van der Waals surface area contributed by atoms with Gasteiger partial charge < -0.3 is 5.32 Å². The number of nitrogens with zero attached hydrogens (tertiary/aromatic N) is 2. The van der Waals surface area contributed by atoms with Gasteiger partial charge in [-0.05, 0) is 42.8 Å². The molecule has 3 rings (SSSR count). The lowest BCUT2D eigenvalue weighted by Crippen LogP contribution is -2.26. The second kappa shape index (κ2) is 9.51. The van der Waals surface area contributed by atoms with Crippen LogP contribution in [0.1, 0.15) is 43.1 Å². The van der Waals surface area contributed by atoms with Crippen LogP contribution in [-0.4, -0.2) is 22.2 Å². The molecule has 0 aliphatic rings. The van der Waals surface area contributed by atoms with Crippen LogP contribution in [0.2, 0.25) is 5.02 Å². The van der Waals surface area contributed by atoms with Crippen LogP contribution in [0.5, 0.6) is 0 Å². The maximum absolute atomic E-state index is 13.3. The highest BCUT2D eigenvalue weighted by Gasteiger charge is 2.18. The molecule has 0 unspecified atom stereocenters. The van der Waals surface area contributed by atoms with Gasteiger partial charge in [0.15, 0.2) is 0 Å². The summed E-state index contributed by atoms with van der Waals surface area (Å²) in [5, 5.41) is 8.07. The largest absolute Gasteiger partial charge is 0.351 e. The molecule has 0 fully saturated rings. The number of hydrogen-bond acceptors (Lipinski definition) is 2. The summed E-state index contributed by atoms with van der Waals surface area (Å²) in [6.45, 7) is 2.75. The van der Waals surface area contributed by atoms with Crippen molar-refractivity contribution >= 4 is 17.5 Å². The maximum atomic E-state index is 13.3. The molecule has 0 atom stereocenters. The summed E-state index contributed by atoms with van der Waals surface area (Å²) < 4.78 is 14.9. The smallest absolute Gasteiger partial charge is 0.270 e. The summed E-state index contributed by atoms with van der Waals surface area (Å²) in [6, 6.07) is 14.9. The van der Waals surface area contributed by atoms with E-state index in [1.54, 1.807) is 24.3 Å². The number of unbranched alkanes of at least 4 members (excludes halogenated alkanes) is 3. The van der Waals surface area contributed by atoms with Gasteiger partial charge in [0.05, 0.1) is 16.4 Å². The predicted octanol–water partition coefficient (Wildman–Crippen LogP) is 5.64. The Balaban J connectivity index is 1.91. The van der Waals surface area contributed by atoms with Crippen molar-refractivity contribution in [2.45, 2.75) is 32.6 Å². The molecule has 6 heteroatoms. The van der Waals surface area contributed by atoms with Crippen LogP contribution in [0.3, 0.4) is 0 Å². The van der Waals surface area contributed by atoms with Gasteiger partial charge in [-0.3, -0.25) is 4.79 Å². The monoisotopic (exact) mass is 399 g/mol. The lowest BCUT2D eigenvalue weighted by molar-refractivity contribution is 0.0945. The zero-order valence-corrected chi connectivity index (χ0v) is 16.5. The van der Waals surface area contributed by atoms with Crippen LogP contribution in [0, 0.1) is 5.82 Å². The average molecular weight is 400 g/mol. The van der Waals surface area contributed by atoms with Crippen LogP contribution < -0.4 is 5.32 Å². The van der Waals surface area contributed by atoms with Crippen molar-refractivity contribution in [3.8, 4) is 16.9 Å². The van der Waals surface area contributed by atoms with E-state index in [0.717, 1.165) is 31.2 Å². The second-order valence-corrected chi connectivity index (χ2v) is 7.01. The predicted molar refractivity (Wildman–Crippen MR) is 110 cm³/mol. The third kappa shape index (κ3) is 4.78. The van der Waals surface area contributed by atoms with E-state index in [1.807, 2.05) is 18.2 Å². The molecule has 4 nitrogen and oxygen atoms in total. The van der Waals surface area contributed by atoms with Gasteiger partial charge in [0.2, 0.25) is 0 Å². The number of carbonyl (C=O) groups is 1. The molecule has 0 bridgehead atoms. The van der Waals surface area contributed by atoms with E-state index in [1.165, 1.54) is 16.8 Å². The number of amides is 1. The molecular weight excluding hydrogens is 377 g/mol. The summed E-state index contributed by atoms with van der Waals surface area (Å²) >= 11 is 6.30. The summed E-state index contributed by atoms with van der Waals surface area (Å²) in [4.78, 5) is 12.8. The Labute approximate surface area is 169 Å². The molecule has 0 saturated heterocycles. The molecular formula is C22H23ClFN3O. The van der Waals surface area contributed by atoms with Crippen molar-refractivity contribution in [1.82, 2.24) is 15.1 Å². The fraction of sp³-hybridized carbons (Fsp3) is 0.273. The zero-order valence-electron chi connectivity index (χ0n) is 15.8. The van der Waals surface area contributed by atoms with E-state index in [4.69, 9.17) is 11.6 Å². The number of aromatic nitrogens is 2. The standard InChI is InChI=1S/C22H23ClFN3O/c1-2-3-4-7-14-25-22(28)21-15-20(18-8-5-6-9-19(18)23)26-27(21)17-12-10-16(24)11-13-17/h5-6,8-13,15H,2-4,7,14H2,1H3,(H,25,28). The quantitative estimate of drug-likeness (QED) is 0.498. The first-order valence-electron chi connectivity index (χ1n) is 9.49. The van der Waals surface area contributed by atoms with Gasteiger partial charge in [0.25, 0.3) is 5.91 Å². The minimum atomic E-state index is -0.343. The van der Waals surface area contributed by atoms with Gasteiger partial charge in [-0.15, -0.1) is 0 Å². The first kappa shape index (κ1) is 20.1. The van der Waals surface area contributed by atoms with Crippen LogP contribution in [0.15, 0.2) is 54.6 Å². The average Bonchev–Trinajstić information content (AvgIpc) is 3.14. The number of nitrogens with one attached hydrogen (secondary N) is 1. The fourth-order valence-corrected chi connectivity index (χ4v) is 3.20. The Bertz CT molecular complexity index is 937. The van der Waals surface area contributed by atoms with E-state index in [0.29, 0.717) is 28.6 Å². The minimum absolute atomic E-state index is 0.216. The number of hydrogen-bond donors (Lipinski definition) is 1. The highest BCUT2D eigenvalue weighted by atomic mass is 35.5. The molecule has 2 aromatic carbocycles. The second-order valence-electron chi connectivity index (χ2n) is 6.60. The van der Waals surface area contributed by atoms with E-state index >= 15 is 0 Å². The lowest BCUT2D eigenvalue weighted by atomic mass is 10.1. The number of benzene rings is 2. The molecule has 1 heterocycles. The highest BCUT2D eigenvalue weighted by molar-refractivity contribution is 6.33. The Morgan fingerprint density at radius 3 is 2.57 bits per heavy atom. The molecule has 0 radical (unpaired) electrons. The molecule has 0 aliphatic heterocycles. The van der Waals surface area contributed by atoms with Crippen molar-refractivity contribution in [3.05, 3.63) is 71.1 Å². The summed E-state index contributed by atoms with van der Waals surface area (Å²) in [7, 11) is 0. The Hall–Kier alpha value is -2.66. The molecule has 0 saturated carbocycles. The topological polar surface area (TPSA) is 46.9 Å². The molecule has 28 heavy (non-hydrogen) atoms. The van der Waals surface area contributed by atoms with Gasteiger partial charge >= 0.3 is 0 Å². The number of carbonyl (C=O) groups excluding carboxylic acids is 1. The first-order chi connectivity index (χ1) is 13.6. The maximum Gasteiger partial charge on any atom is 0.270 e. The van der Waals surface area contributed by atoms with Crippen molar-refractivity contribution in [2.75, 3.05) is 6.54 Å². The molecule has 1 amide bonds. The van der Waals surface area contributed by atoms with E-state index < -0.39 is 0 Å². The summed E-state index contributed by atoms with van der Waals surface area (Å²) in [6.07, 6.45) is 4.31. The minimum Gasteiger partial charge on any atom is -0.351 e. The van der Waals surface area contributed by atoms with Crippen LogP contribution >= 0.6 is 11.6 Å². The van der Waals surface area contributed by atoms with Gasteiger partial charge in [-0.25, -0.2) is 9.07 Å². The molecule has 0 aliphatic carbocycles. The Morgan fingerprint density at radius 1 is 1.11 bits per heavy atom. The van der Waals surface area contributed by atoms with Gasteiger partial charge in [0.1, 0.15) is 11.5 Å². The Kier molecular flexibility index (Phi) is 6.82. The summed E-state index contributed by atoms with van der Waals surface area (Å²) in [5.41, 5.74) is 2.32. The van der Waals surface area contributed by atoms with Crippen LogP contribution in [0.25, 0.3) is 16.9 Å². The van der Waals surface area contributed by atoms with Crippen molar-refractivity contribution in [3.63, 3.8) is 0 Å². The summed E-state index contributed by atoms with van der Waals surface area (Å²) in [5.74, 6) is -0.559. The molecule has 1 aromatic heterocycles. The third-order valence-corrected chi connectivity index (χ3v) is 4.81. The van der Waals surface area contributed by atoms with E-state index in [9.17, 15) is 9.18 Å². The van der Waals surface area contributed by atoms with Gasteiger partial charge in [-0.1, -0.05) is 56.0 Å². The van der Waals surface area contributed by atoms with E-state index in [2.05, 4.69) is 17.3 Å². The van der Waals surface area contributed by atoms with Gasteiger partial charge in [0, 0.05) is 12.1 Å². The molecule has 0 spiro atoms. The van der Waals surface area contributed by atoms with E-state index in [-0.39, 0.29) is 11.7 Å². The Morgan fingerprint density at radius 2 is 1.86 bits per heavy atom. The zero-order chi connectivity index (χ0) is 19.9. The first-order valence-corrected chi connectivity index (χ1v) is 9.87. The van der Waals surface area contributed by atoms with Gasteiger partial charge in [-0.2, -0.15) is 5.10 Å². The van der Waals surface area contributed by atoms with Crippen molar-refractivity contribution in [2.24, 2.45) is 0 Å². The third-order valence-electron chi connectivity index (χ3n) is 4.48. The number of halogens is 2. The molecule has 1 N–H and O–H groups in total. The van der Waals surface area contributed by atoms with Crippen molar-refractivity contribution in [1.29, 1.82) is 0 Å². The fourth-order valence-electron chi connectivity index (χ4n) is 2.97. The van der Waals surface area contributed by atoms with Crippen LogP contribution in [0.4, 0.5) is 4.39 Å². The van der Waals surface area contributed by atoms with Crippen LogP contribution in [-0.2, 0) is 0 Å².